The molecule has 2 rings (SSSR count). The highest BCUT2D eigenvalue weighted by atomic mass is 16.5. The number of nitrogens with two attached hydrogens (primary N) is 1. The number of rotatable bonds is 5. The third-order valence-corrected chi connectivity index (χ3v) is 4.78. The topological polar surface area (TPSA) is 68.4 Å². The molecule has 0 aromatic carbocycles. The molecule has 3 N–H and O–H groups in total. The van der Waals surface area contributed by atoms with Gasteiger partial charge in [0, 0.05) is 18.0 Å². The van der Waals surface area contributed by atoms with E-state index >= 15 is 0 Å². The van der Waals surface area contributed by atoms with Crippen LogP contribution in [0.3, 0.4) is 0 Å². The van der Waals surface area contributed by atoms with Crippen molar-refractivity contribution in [2.24, 2.45) is 17.1 Å². The molecule has 0 bridgehead atoms. The van der Waals surface area contributed by atoms with E-state index in [2.05, 4.69) is 11.9 Å². The van der Waals surface area contributed by atoms with Crippen LogP contribution in [-0.2, 0) is 0 Å². The van der Waals surface area contributed by atoms with E-state index in [1.54, 1.807) is 13.2 Å². The summed E-state index contributed by atoms with van der Waals surface area (Å²) < 4.78 is 5.15. The first-order valence-corrected chi connectivity index (χ1v) is 7.54. The number of hydrogen-bond acceptors (Lipinski definition) is 4. The normalized spacial score (nSPS) is 28.1. The maximum Gasteiger partial charge on any atom is 0.213 e. The Hall–Kier alpha value is -1.13. The molecule has 0 spiro atoms. The lowest BCUT2D eigenvalue weighted by Gasteiger charge is -2.43. The predicted octanol–water partition coefficient (Wildman–Crippen LogP) is 2.67. The van der Waals surface area contributed by atoms with Gasteiger partial charge in [-0.3, -0.25) is 0 Å². The van der Waals surface area contributed by atoms with E-state index in [9.17, 15) is 5.11 Å². The molecule has 1 aliphatic carbocycles. The van der Waals surface area contributed by atoms with Crippen molar-refractivity contribution < 1.29 is 9.84 Å². The third kappa shape index (κ3) is 2.96. The molecule has 1 heterocycles. The van der Waals surface area contributed by atoms with Gasteiger partial charge in [0.2, 0.25) is 5.88 Å². The number of ether oxygens (including phenoxy) is 1. The Bertz CT molecular complexity index is 438. The number of methoxy groups -OCH3 is 1. The number of pyridine rings is 1. The summed E-state index contributed by atoms with van der Waals surface area (Å²) in [5, 5.41) is 10.8. The molecule has 1 aliphatic rings. The molecule has 4 heteroatoms. The van der Waals surface area contributed by atoms with Gasteiger partial charge in [-0.15, -0.1) is 0 Å². The standard InChI is InChI=1S/C16H26N2O2/c1-3-12-6-5-9-16(10-12,11-17)15(19)13-7-4-8-14(18-13)20-2/h4,7-8,12,15,19H,3,5-6,9-11,17H2,1-2H3. The summed E-state index contributed by atoms with van der Waals surface area (Å²) in [5.41, 5.74) is 6.48. The van der Waals surface area contributed by atoms with Gasteiger partial charge < -0.3 is 15.6 Å². The molecule has 1 aromatic rings. The van der Waals surface area contributed by atoms with Crippen molar-refractivity contribution in [2.45, 2.75) is 45.1 Å². The number of hydrogen-bond donors (Lipinski definition) is 2. The summed E-state index contributed by atoms with van der Waals surface area (Å²) in [4.78, 5) is 4.38. The van der Waals surface area contributed by atoms with Gasteiger partial charge in [-0.25, -0.2) is 4.98 Å². The summed E-state index contributed by atoms with van der Waals surface area (Å²) in [6, 6.07) is 5.52. The largest absolute Gasteiger partial charge is 0.481 e. The zero-order valence-electron chi connectivity index (χ0n) is 12.5. The summed E-state index contributed by atoms with van der Waals surface area (Å²) in [6.45, 7) is 2.72. The maximum absolute atomic E-state index is 10.8. The monoisotopic (exact) mass is 278 g/mol. The Morgan fingerprint density at radius 3 is 3.00 bits per heavy atom. The Kier molecular flexibility index (Phi) is 5.00. The highest BCUT2D eigenvalue weighted by Gasteiger charge is 2.42. The van der Waals surface area contributed by atoms with Gasteiger partial charge in [-0.1, -0.05) is 32.3 Å². The fraction of sp³-hybridized carbons (Fsp3) is 0.688. The van der Waals surface area contributed by atoms with Crippen molar-refractivity contribution >= 4 is 0 Å². The first-order valence-electron chi connectivity index (χ1n) is 7.54. The smallest absolute Gasteiger partial charge is 0.213 e. The lowest BCUT2D eigenvalue weighted by molar-refractivity contribution is -0.0189. The summed E-state index contributed by atoms with van der Waals surface area (Å²) in [5.74, 6) is 1.20. The molecule has 1 fully saturated rings. The minimum atomic E-state index is -0.614. The second kappa shape index (κ2) is 6.55. The molecule has 0 radical (unpaired) electrons. The second-order valence-electron chi connectivity index (χ2n) is 5.94. The molecular weight excluding hydrogens is 252 g/mol. The molecule has 1 aromatic heterocycles. The zero-order valence-corrected chi connectivity index (χ0v) is 12.5. The molecule has 112 valence electrons. The maximum atomic E-state index is 10.8. The van der Waals surface area contributed by atoms with E-state index < -0.39 is 6.10 Å². The Morgan fingerprint density at radius 1 is 1.55 bits per heavy atom. The minimum absolute atomic E-state index is 0.238. The average molecular weight is 278 g/mol. The highest BCUT2D eigenvalue weighted by molar-refractivity contribution is 5.19. The first-order chi connectivity index (χ1) is 9.65. The van der Waals surface area contributed by atoms with Gasteiger partial charge >= 0.3 is 0 Å². The van der Waals surface area contributed by atoms with Gasteiger partial charge in [0.1, 0.15) is 6.10 Å². The van der Waals surface area contributed by atoms with Crippen molar-refractivity contribution in [1.29, 1.82) is 0 Å². The van der Waals surface area contributed by atoms with E-state index in [4.69, 9.17) is 10.5 Å². The number of aliphatic hydroxyl groups is 1. The van der Waals surface area contributed by atoms with Crippen LogP contribution in [-0.4, -0.2) is 23.7 Å². The fourth-order valence-electron chi connectivity index (χ4n) is 3.43. The van der Waals surface area contributed by atoms with Crippen LogP contribution in [0, 0.1) is 11.3 Å². The van der Waals surface area contributed by atoms with Crippen molar-refractivity contribution in [3.63, 3.8) is 0 Å². The van der Waals surface area contributed by atoms with Crippen LogP contribution in [0.2, 0.25) is 0 Å². The molecule has 4 nitrogen and oxygen atoms in total. The Labute approximate surface area is 121 Å². The predicted molar refractivity (Wildman–Crippen MR) is 79.5 cm³/mol. The molecule has 3 unspecified atom stereocenters. The van der Waals surface area contributed by atoms with Crippen LogP contribution in [0.25, 0.3) is 0 Å². The van der Waals surface area contributed by atoms with Crippen LogP contribution in [0.1, 0.15) is 50.8 Å². The average Bonchev–Trinajstić information content (AvgIpc) is 2.54. The van der Waals surface area contributed by atoms with Crippen LogP contribution >= 0.6 is 0 Å². The lowest BCUT2D eigenvalue weighted by Crippen LogP contribution is -2.41. The summed E-state index contributed by atoms with van der Waals surface area (Å²) in [6.07, 6.45) is 4.88. The Balaban J connectivity index is 2.25. The summed E-state index contributed by atoms with van der Waals surface area (Å²) >= 11 is 0. The highest BCUT2D eigenvalue weighted by Crippen LogP contribution is 2.47. The molecule has 20 heavy (non-hydrogen) atoms. The van der Waals surface area contributed by atoms with Gasteiger partial charge in [-0.05, 0) is 24.8 Å². The minimum Gasteiger partial charge on any atom is -0.481 e. The number of aliphatic hydroxyl groups excluding tert-OH is 1. The SMILES string of the molecule is CCC1CCCC(CN)(C(O)c2cccc(OC)n2)C1. The number of aromatic nitrogens is 1. The van der Waals surface area contributed by atoms with Crippen LogP contribution < -0.4 is 10.5 Å². The Morgan fingerprint density at radius 2 is 2.35 bits per heavy atom. The summed E-state index contributed by atoms with van der Waals surface area (Å²) in [7, 11) is 1.59. The zero-order chi connectivity index (χ0) is 14.6. The van der Waals surface area contributed by atoms with Crippen molar-refractivity contribution in [2.75, 3.05) is 13.7 Å². The third-order valence-electron chi connectivity index (χ3n) is 4.78. The van der Waals surface area contributed by atoms with Crippen molar-refractivity contribution in [3.05, 3.63) is 23.9 Å². The first kappa shape index (κ1) is 15.3. The van der Waals surface area contributed by atoms with E-state index in [1.807, 2.05) is 12.1 Å². The number of nitrogens with zero attached hydrogens (tertiary/aromatic N) is 1. The molecule has 0 saturated heterocycles. The van der Waals surface area contributed by atoms with Crippen LogP contribution in [0.4, 0.5) is 0 Å². The van der Waals surface area contributed by atoms with Crippen LogP contribution in [0.15, 0.2) is 18.2 Å². The van der Waals surface area contributed by atoms with Crippen LogP contribution in [0.5, 0.6) is 5.88 Å². The van der Waals surface area contributed by atoms with Crippen molar-refractivity contribution in [1.82, 2.24) is 4.98 Å². The molecule has 1 saturated carbocycles. The van der Waals surface area contributed by atoms with Gasteiger partial charge in [0.25, 0.3) is 0 Å². The van der Waals surface area contributed by atoms with Crippen molar-refractivity contribution in [3.8, 4) is 5.88 Å². The quantitative estimate of drug-likeness (QED) is 0.869. The molecule has 0 aliphatic heterocycles. The van der Waals surface area contributed by atoms with E-state index in [1.165, 1.54) is 6.42 Å². The van der Waals surface area contributed by atoms with Gasteiger partial charge in [-0.2, -0.15) is 0 Å². The molecule has 0 amide bonds. The molecule has 3 atom stereocenters. The van der Waals surface area contributed by atoms with E-state index in [-0.39, 0.29) is 5.41 Å². The fourth-order valence-corrected chi connectivity index (χ4v) is 3.43. The van der Waals surface area contributed by atoms with E-state index in [0.29, 0.717) is 24.0 Å². The van der Waals surface area contributed by atoms with Gasteiger partial charge in [0.15, 0.2) is 0 Å². The molecular formula is C16H26N2O2. The van der Waals surface area contributed by atoms with E-state index in [0.717, 1.165) is 25.7 Å². The second-order valence-corrected chi connectivity index (χ2v) is 5.94. The van der Waals surface area contributed by atoms with Gasteiger partial charge in [0.05, 0.1) is 12.8 Å². The lowest BCUT2D eigenvalue weighted by atomic mass is 9.65.